The van der Waals surface area contributed by atoms with Gasteiger partial charge in [0.1, 0.15) is 31.1 Å². The summed E-state index contributed by atoms with van der Waals surface area (Å²) in [7, 11) is -3.80. The van der Waals surface area contributed by atoms with Crippen LogP contribution in [0, 0.1) is 0 Å². The lowest BCUT2D eigenvalue weighted by Gasteiger charge is -2.32. The molecule has 380 valence electrons. The molecule has 3 heterocycles. The fourth-order valence-corrected chi connectivity index (χ4v) is 9.77. The number of pyridine rings is 1. The summed E-state index contributed by atoms with van der Waals surface area (Å²) in [6.07, 6.45) is 2.68. The SMILES string of the molecule is CC(C)(C)c1cc(OCCOCCOCCOCCOCCOc2ccc(C3CCN(S(=O)(=O)c4ccc5c(c4)NCN(CC(=O)O)C5=O)CC3)cc2)c(O)cc1NC(=O)c1c[nH]c2ccccc2c1=O. The number of aliphatic carboxylic acids is 1. The van der Waals surface area contributed by atoms with Gasteiger partial charge in [-0.05, 0) is 83.8 Å². The summed E-state index contributed by atoms with van der Waals surface area (Å²) < 4.78 is 62.6. The molecule has 19 nitrogen and oxygen atoms in total. The monoisotopic (exact) mass is 999 g/mol. The lowest BCUT2D eigenvalue weighted by Crippen LogP contribution is -2.43. The second-order valence-electron chi connectivity index (χ2n) is 18.0. The van der Waals surface area contributed by atoms with Crippen LogP contribution in [0.3, 0.4) is 0 Å². The fourth-order valence-electron chi connectivity index (χ4n) is 8.27. The number of anilines is 2. The van der Waals surface area contributed by atoms with Gasteiger partial charge in [0.25, 0.3) is 11.8 Å². The number of amides is 2. The minimum Gasteiger partial charge on any atom is -0.504 e. The number of hydrogen-bond acceptors (Lipinski definition) is 14. The highest BCUT2D eigenvalue weighted by Crippen LogP contribution is 2.39. The van der Waals surface area contributed by atoms with Gasteiger partial charge in [-0.1, -0.05) is 45.0 Å². The molecule has 0 spiro atoms. The van der Waals surface area contributed by atoms with Gasteiger partial charge in [-0.2, -0.15) is 4.31 Å². The Morgan fingerprint density at radius 3 is 2.04 bits per heavy atom. The van der Waals surface area contributed by atoms with Gasteiger partial charge < -0.3 is 59.2 Å². The first-order chi connectivity index (χ1) is 34.1. The number of carbonyl (C=O) groups excluding carboxylic acids is 2. The Morgan fingerprint density at radius 2 is 1.41 bits per heavy atom. The van der Waals surface area contributed by atoms with Crippen molar-refractivity contribution in [2.45, 2.75) is 49.8 Å². The minimum atomic E-state index is -3.80. The normalized spacial score (nSPS) is 14.5. The molecule has 0 bridgehead atoms. The van der Waals surface area contributed by atoms with E-state index in [-0.39, 0.29) is 53.3 Å². The molecule has 0 saturated carbocycles. The average Bonchev–Trinajstić information content (AvgIpc) is 3.35. The maximum Gasteiger partial charge on any atom is 0.323 e. The molecule has 0 atom stereocenters. The zero-order chi connectivity index (χ0) is 50.5. The van der Waals surface area contributed by atoms with Crippen LogP contribution in [0.15, 0.2) is 94.7 Å². The van der Waals surface area contributed by atoms with Gasteiger partial charge in [0.15, 0.2) is 11.5 Å². The predicted molar refractivity (Wildman–Crippen MR) is 264 cm³/mol. The second kappa shape index (κ2) is 24.0. The highest BCUT2D eigenvalue weighted by molar-refractivity contribution is 7.89. The van der Waals surface area contributed by atoms with Crippen molar-refractivity contribution in [1.82, 2.24) is 14.2 Å². The highest BCUT2D eigenvalue weighted by atomic mass is 32.2. The van der Waals surface area contributed by atoms with E-state index in [0.717, 1.165) is 10.5 Å². The number of carboxylic acids is 1. The van der Waals surface area contributed by atoms with Crippen molar-refractivity contribution in [3.8, 4) is 17.2 Å². The Bertz CT molecular complexity index is 2820. The Balaban J connectivity index is 0.706. The number of piperidine rings is 1. The van der Waals surface area contributed by atoms with Crippen molar-refractivity contribution < 1.29 is 61.4 Å². The number of rotatable bonds is 24. The number of nitrogens with zero attached hydrogens (tertiary/aromatic N) is 2. The zero-order valence-corrected chi connectivity index (χ0v) is 40.9. The molecule has 1 saturated heterocycles. The number of aromatic hydroxyl groups is 1. The summed E-state index contributed by atoms with van der Waals surface area (Å²) in [5, 5.41) is 26.0. The first-order valence-electron chi connectivity index (χ1n) is 23.4. The molecule has 0 radical (unpaired) electrons. The van der Waals surface area contributed by atoms with E-state index in [1.165, 1.54) is 34.8 Å². The highest BCUT2D eigenvalue weighted by Gasteiger charge is 2.33. The van der Waals surface area contributed by atoms with Crippen LogP contribution in [0.5, 0.6) is 17.2 Å². The lowest BCUT2D eigenvalue weighted by molar-refractivity contribution is -0.137. The molecular weight excluding hydrogens is 939 g/mol. The van der Waals surface area contributed by atoms with E-state index >= 15 is 0 Å². The Hall–Kier alpha value is -6.55. The predicted octanol–water partition coefficient (Wildman–Crippen LogP) is 5.79. The number of H-pyrrole nitrogens is 1. The second-order valence-corrected chi connectivity index (χ2v) is 19.9. The van der Waals surface area contributed by atoms with Gasteiger partial charge >= 0.3 is 5.97 Å². The lowest BCUT2D eigenvalue weighted by atomic mass is 9.85. The molecule has 0 unspecified atom stereocenters. The van der Waals surface area contributed by atoms with Crippen LogP contribution < -0.4 is 25.5 Å². The van der Waals surface area contributed by atoms with Gasteiger partial charge in [0.05, 0.1) is 70.0 Å². The molecular formula is C51H61N5O14S. The average molecular weight is 1000 g/mol. The van der Waals surface area contributed by atoms with Crippen molar-refractivity contribution in [2.24, 2.45) is 0 Å². The van der Waals surface area contributed by atoms with E-state index in [1.807, 2.05) is 45.0 Å². The number of hydrogen-bond donors (Lipinski definition) is 5. The van der Waals surface area contributed by atoms with Crippen LogP contribution in [0.2, 0.25) is 0 Å². The molecule has 0 aliphatic carbocycles. The molecule has 1 fully saturated rings. The van der Waals surface area contributed by atoms with Gasteiger partial charge in [0, 0.05) is 47.6 Å². The molecule has 71 heavy (non-hydrogen) atoms. The number of phenols is 1. The van der Waals surface area contributed by atoms with Gasteiger partial charge in [-0.15, -0.1) is 0 Å². The van der Waals surface area contributed by atoms with Crippen molar-refractivity contribution in [1.29, 1.82) is 0 Å². The largest absolute Gasteiger partial charge is 0.504 e. The number of aromatic nitrogens is 1. The van der Waals surface area contributed by atoms with Crippen molar-refractivity contribution in [2.75, 3.05) is 103 Å². The Kier molecular flexibility index (Phi) is 17.7. The Morgan fingerprint density at radius 1 is 0.789 bits per heavy atom. The van der Waals surface area contributed by atoms with Crippen LogP contribution in [-0.2, 0) is 39.2 Å². The molecule has 7 rings (SSSR count). The number of para-hydroxylation sites is 1. The van der Waals surface area contributed by atoms with Crippen LogP contribution >= 0.6 is 0 Å². The Labute approximate surface area is 412 Å². The van der Waals surface area contributed by atoms with Crippen LogP contribution in [0.25, 0.3) is 10.9 Å². The van der Waals surface area contributed by atoms with E-state index in [4.69, 9.17) is 33.5 Å². The number of phenolic OH excluding ortho intramolecular Hbond substituents is 1. The number of nitrogens with one attached hydrogen (secondary N) is 3. The number of aromatic amines is 1. The number of carbonyl (C=O) groups is 3. The zero-order valence-electron chi connectivity index (χ0n) is 40.1. The van der Waals surface area contributed by atoms with Crippen LogP contribution in [0.4, 0.5) is 11.4 Å². The van der Waals surface area contributed by atoms with Crippen molar-refractivity contribution in [3.05, 3.63) is 118 Å². The van der Waals surface area contributed by atoms with Crippen molar-refractivity contribution >= 4 is 50.1 Å². The summed E-state index contributed by atoms with van der Waals surface area (Å²) in [4.78, 5) is 54.2. The summed E-state index contributed by atoms with van der Waals surface area (Å²) in [6, 6.07) is 22.1. The smallest absolute Gasteiger partial charge is 0.323 e. The molecule has 2 aliphatic rings. The summed E-state index contributed by atoms with van der Waals surface area (Å²) >= 11 is 0. The third-order valence-corrected chi connectivity index (χ3v) is 13.9. The van der Waals surface area contributed by atoms with Crippen LogP contribution in [-0.4, -0.2) is 143 Å². The van der Waals surface area contributed by atoms with Gasteiger partial charge in [-0.25, -0.2) is 8.42 Å². The van der Waals surface area contributed by atoms with E-state index in [2.05, 4.69) is 15.6 Å². The number of carboxylic acid groups (broad SMARTS) is 1. The maximum absolute atomic E-state index is 13.5. The number of fused-ring (bicyclic) bond motifs is 2. The first kappa shape index (κ1) is 52.3. The standard InChI is InChI=1S/C51H61N5O14S/c1-51(2,3)41-29-46(45(57)30-44(41)54-49(61)40-31-52-42-7-5-4-6-38(42)48(40)60)70-27-25-68-23-21-66-19-18-65-20-22-67-24-26-69-36-10-8-34(9-11-36)35-14-16-56(17-15-35)71(63,64)37-12-13-39-43(28-37)53-33-55(50(39)62)32-47(58)59/h4-13,28-31,35,53,57H,14-27,32-33H2,1-3H3,(H,52,60)(H,54,61)(H,58,59). The van der Waals surface area contributed by atoms with E-state index in [0.29, 0.717) is 112 Å². The van der Waals surface area contributed by atoms with Crippen molar-refractivity contribution in [3.63, 3.8) is 0 Å². The van der Waals surface area contributed by atoms with Gasteiger partial charge in [-0.3, -0.25) is 19.2 Å². The third kappa shape index (κ3) is 13.7. The first-order valence-corrected chi connectivity index (χ1v) is 24.9. The number of benzene rings is 4. The quantitative estimate of drug-likeness (QED) is 0.0460. The molecule has 20 heteroatoms. The molecule has 4 aromatic carbocycles. The molecule has 5 N–H and O–H groups in total. The minimum absolute atomic E-state index is 0.0263. The molecule has 2 amide bonds. The maximum atomic E-state index is 13.5. The molecule has 2 aliphatic heterocycles. The van der Waals surface area contributed by atoms with E-state index in [9.17, 15) is 32.7 Å². The fraction of sp³-hybridized carbons (Fsp3) is 0.412. The summed E-state index contributed by atoms with van der Waals surface area (Å²) in [5.74, 6) is -1.24. The van der Waals surface area contributed by atoms with E-state index in [1.54, 1.807) is 30.3 Å². The third-order valence-electron chi connectivity index (χ3n) is 12.0. The molecule has 1 aromatic heterocycles. The summed E-state index contributed by atoms with van der Waals surface area (Å²) in [6.45, 7) is 9.53. The van der Waals surface area contributed by atoms with Crippen LogP contribution in [0.1, 0.15) is 71.4 Å². The van der Waals surface area contributed by atoms with E-state index < -0.39 is 45.2 Å². The summed E-state index contributed by atoms with van der Waals surface area (Å²) in [5.41, 5.74) is 2.52. The topological polar surface area (TPSA) is 245 Å². The number of sulfonamides is 1. The molecule has 5 aromatic rings. The van der Waals surface area contributed by atoms with Gasteiger partial charge in [0.2, 0.25) is 15.5 Å². The number of ether oxygens (including phenoxy) is 6.